The summed E-state index contributed by atoms with van der Waals surface area (Å²) in [5.74, 6) is -0.399. The van der Waals surface area contributed by atoms with E-state index in [1.165, 1.54) is 0 Å². The number of aromatic nitrogens is 2. The monoisotopic (exact) mass is 196 g/mol. The Balaban J connectivity index is 2.16. The molecule has 0 aliphatic carbocycles. The van der Waals surface area contributed by atoms with E-state index in [0.717, 1.165) is 5.69 Å². The van der Waals surface area contributed by atoms with E-state index in [-0.39, 0.29) is 6.10 Å². The molecule has 5 nitrogen and oxygen atoms in total. The van der Waals surface area contributed by atoms with Crippen molar-refractivity contribution in [3.8, 4) is 0 Å². The molecule has 76 valence electrons. The molecule has 1 N–H and O–H groups in total. The van der Waals surface area contributed by atoms with Gasteiger partial charge in [-0.2, -0.15) is 5.10 Å². The molecule has 5 heteroatoms. The number of aliphatic hydroxyl groups is 1. The topological polar surface area (TPSA) is 64.4 Å². The maximum Gasteiger partial charge on any atom is 0.358 e. The summed E-state index contributed by atoms with van der Waals surface area (Å²) in [5.41, 5.74) is 1.22. The van der Waals surface area contributed by atoms with Gasteiger partial charge in [0.25, 0.3) is 0 Å². The minimum atomic E-state index is -0.399. The predicted molar refractivity (Wildman–Crippen MR) is 47.9 cm³/mol. The van der Waals surface area contributed by atoms with Crippen LogP contribution in [0.2, 0.25) is 0 Å². The maximum atomic E-state index is 11.3. The predicted octanol–water partition coefficient (Wildman–Crippen LogP) is -0.0232. The number of hydrogen-bond donors (Lipinski definition) is 1. The third kappa shape index (κ3) is 1.50. The van der Waals surface area contributed by atoms with Crippen LogP contribution in [0.4, 0.5) is 0 Å². The van der Waals surface area contributed by atoms with Crippen LogP contribution < -0.4 is 0 Å². The maximum absolute atomic E-state index is 11.3. The van der Waals surface area contributed by atoms with Crippen molar-refractivity contribution in [3.63, 3.8) is 0 Å². The minimum absolute atomic E-state index is 0.328. The highest BCUT2D eigenvalue weighted by Crippen LogP contribution is 2.16. The average Bonchev–Trinajstić information content (AvgIpc) is 2.61. The molecule has 0 fully saturated rings. The van der Waals surface area contributed by atoms with Crippen molar-refractivity contribution in [2.45, 2.75) is 26.0 Å². The van der Waals surface area contributed by atoms with Gasteiger partial charge in [-0.05, 0) is 13.0 Å². The van der Waals surface area contributed by atoms with E-state index in [4.69, 9.17) is 4.74 Å². The third-order valence-electron chi connectivity index (χ3n) is 2.18. The van der Waals surface area contributed by atoms with Gasteiger partial charge in [0.15, 0.2) is 5.69 Å². The Bertz CT molecular complexity index is 335. The van der Waals surface area contributed by atoms with Gasteiger partial charge in [0.2, 0.25) is 0 Å². The van der Waals surface area contributed by atoms with E-state index in [2.05, 4.69) is 5.10 Å². The molecule has 1 aromatic rings. The zero-order chi connectivity index (χ0) is 10.1. The van der Waals surface area contributed by atoms with Gasteiger partial charge >= 0.3 is 5.97 Å². The number of esters is 1. The van der Waals surface area contributed by atoms with Crippen LogP contribution in [0.15, 0.2) is 6.07 Å². The Morgan fingerprint density at radius 2 is 2.64 bits per heavy atom. The molecule has 0 saturated carbocycles. The zero-order valence-electron chi connectivity index (χ0n) is 7.93. The van der Waals surface area contributed by atoms with Gasteiger partial charge in [-0.15, -0.1) is 0 Å². The van der Waals surface area contributed by atoms with Gasteiger partial charge in [0, 0.05) is 12.1 Å². The number of carbonyl (C=O) groups excluding carboxylic acids is 1. The Labute approximate surface area is 81.3 Å². The second-order valence-electron chi connectivity index (χ2n) is 3.28. The molecule has 0 saturated heterocycles. The second-order valence-corrected chi connectivity index (χ2v) is 3.28. The summed E-state index contributed by atoms with van der Waals surface area (Å²) in [4.78, 5) is 11.3. The molecule has 0 unspecified atom stereocenters. The van der Waals surface area contributed by atoms with E-state index in [1.807, 2.05) is 0 Å². The summed E-state index contributed by atoms with van der Waals surface area (Å²) in [6.07, 6.45) is 0.195. The highest BCUT2D eigenvalue weighted by molar-refractivity contribution is 5.87. The van der Waals surface area contributed by atoms with Crippen LogP contribution in [-0.4, -0.2) is 33.6 Å². The van der Waals surface area contributed by atoms with Crippen LogP contribution in [0.1, 0.15) is 23.1 Å². The molecule has 1 aliphatic rings. The standard InChI is InChI=1S/C9H12N2O3/c1-2-14-9(13)8-4-6-3-7(12)5-11(6)10-8/h4,7,12H,2-3,5H2,1H3/t7-/m0/s1. The molecule has 1 aromatic heterocycles. The van der Waals surface area contributed by atoms with Crippen molar-refractivity contribution < 1.29 is 14.6 Å². The number of nitrogens with zero attached hydrogens (tertiary/aromatic N) is 2. The molecular formula is C9H12N2O3. The van der Waals surface area contributed by atoms with Crippen molar-refractivity contribution in [1.82, 2.24) is 9.78 Å². The van der Waals surface area contributed by atoms with E-state index in [1.54, 1.807) is 17.7 Å². The average molecular weight is 196 g/mol. The molecule has 14 heavy (non-hydrogen) atoms. The quantitative estimate of drug-likeness (QED) is 0.675. The molecule has 0 aromatic carbocycles. The third-order valence-corrected chi connectivity index (χ3v) is 2.18. The number of fused-ring (bicyclic) bond motifs is 1. The van der Waals surface area contributed by atoms with Crippen molar-refractivity contribution >= 4 is 5.97 Å². The SMILES string of the molecule is CCOC(=O)c1cc2n(n1)C[C@@H](O)C2. The highest BCUT2D eigenvalue weighted by atomic mass is 16.5. The molecule has 2 rings (SSSR count). The molecule has 1 atom stereocenters. The van der Waals surface area contributed by atoms with Crippen LogP contribution in [0.25, 0.3) is 0 Å². The zero-order valence-corrected chi connectivity index (χ0v) is 7.93. The van der Waals surface area contributed by atoms with E-state index >= 15 is 0 Å². The van der Waals surface area contributed by atoms with Gasteiger partial charge in [-0.25, -0.2) is 4.79 Å². The minimum Gasteiger partial charge on any atom is -0.461 e. The van der Waals surface area contributed by atoms with Crippen LogP contribution in [0.3, 0.4) is 0 Å². The molecule has 2 heterocycles. The molecule has 1 aliphatic heterocycles. The van der Waals surface area contributed by atoms with E-state index in [0.29, 0.717) is 25.3 Å². The fourth-order valence-electron chi connectivity index (χ4n) is 1.59. The lowest BCUT2D eigenvalue weighted by Gasteiger charge is -1.99. The summed E-state index contributed by atoms with van der Waals surface area (Å²) in [7, 11) is 0. The van der Waals surface area contributed by atoms with Crippen molar-refractivity contribution in [2.75, 3.05) is 6.61 Å². The lowest BCUT2D eigenvalue weighted by atomic mass is 10.2. The van der Waals surface area contributed by atoms with Crippen LogP contribution in [-0.2, 0) is 17.7 Å². The fourth-order valence-corrected chi connectivity index (χ4v) is 1.59. The Kier molecular flexibility index (Phi) is 2.25. The summed E-state index contributed by atoms with van der Waals surface area (Å²) >= 11 is 0. The highest BCUT2D eigenvalue weighted by Gasteiger charge is 2.23. The van der Waals surface area contributed by atoms with Crippen LogP contribution >= 0.6 is 0 Å². The van der Waals surface area contributed by atoms with E-state index < -0.39 is 5.97 Å². The number of aliphatic hydroxyl groups excluding tert-OH is 1. The van der Waals surface area contributed by atoms with Crippen molar-refractivity contribution in [3.05, 3.63) is 17.5 Å². The number of rotatable bonds is 2. The first-order chi connectivity index (χ1) is 6.70. The van der Waals surface area contributed by atoms with Crippen LogP contribution in [0.5, 0.6) is 0 Å². The second kappa shape index (κ2) is 3.42. The van der Waals surface area contributed by atoms with E-state index in [9.17, 15) is 9.90 Å². The first-order valence-corrected chi connectivity index (χ1v) is 4.62. The number of hydrogen-bond acceptors (Lipinski definition) is 4. The van der Waals surface area contributed by atoms with Crippen molar-refractivity contribution in [2.24, 2.45) is 0 Å². The Morgan fingerprint density at radius 3 is 3.29 bits per heavy atom. The molecular weight excluding hydrogens is 184 g/mol. The lowest BCUT2D eigenvalue weighted by Crippen LogP contribution is -2.11. The summed E-state index contributed by atoms with van der Waals surface area (Å²) < 4.78 is 6.46. The van der Waals surface area contributed by atoms with Gasteiger partial charge in [-0.3, -0.25) is 4.68 Å². The van der Waals surface area contributed by atoms with Crippen molar-refractivity contribution in [1.29, 1.82) is 0 Å². The first kappa shape index (κ1) is 9.21. The Morgan fingerprint density at radius 1 is 1.86 bits per heavy atom. The summed E-state index contributed by atoms with van der Waals surface area (Å²) in [6, 6.07) is 1.67. The number of carbonyl (C=O) groups is 1. The smallest absolute Gasteiger partial charge is 0.358 e. The molecule has 0 spiro atoms. The fraction of sp³-hybridized carbons (Fsp3) is 0.556. The molecule has 0 amide bonds. The summed E-state index contributed by atoms with van der Waals surface area (Å²) in [6.45, 7) is 2.57. The van der Waals surface area contributed by atoms with Crippen LogP contribution in [0, 0.1) is 0 Å². The summed E-state index contributed by atoms with van der Waals surface area (Å²) in [5, 5.41) is 13.3. The molecule has 0 bridgehead atoms. The van der Waals surface area contributed by atoms with Gasteiger partial charge in [-0.1, -0.05) is 0 Å². The first-order valence-electron chi connectivity index (χ1n) is 4.62. The largest absolute Gasteiger partial charge is 0.461 e. The van der Waals surface area contributed by atoms with Gasteiger partial charge < -0.3 is 9.84 Å². The molecule has 0 radical (unpaired) electrons. The Hall–Kier alpha value is -1.36. The number of ether oxygens (including phenoxy) is 1. The van der Waals surface area contributed by atoms with Gasteiger partial charge in [0.1, 0.15) is 0 Å². The lowest BCUT2D eigenvalue weighted by molar-refractivity contribution is 0.0517. The normalized spacial score (nSPS) is 19.4. The van der Waals surface area contributed by atoms with Gasteiger partial charge in [0.05, 0.1) is 19.3 Å².